The van der Waals surface area contributed by atoms with Crippen molar-refractivity contribution in [1.29, 1.82) is 0 Å². The number of allylic oxidation sites excluding steroid dienone is 4. The first kappa shape index (κ1) is 14.4. The Bertz CT molecular complexity index is 724. The second-order valence-electron chi connectivity index (χ2n) is 4.01. The fraction of sp³-hybridized carbons (Fsp3) is 0.143. The lowest BCUT2D eigenvalue weighted by atomic mass is 10.0. The zero-order valence-corrected chi connectivity index (χ0v) is 10.8. The van der Waals surface area contributed by atoms with E-state index in [1.54, 1.807) is 18.2 Å². The number of benzene rings is 1. The summed E-state index contributed by atoms with van der Waals surface area (Å²) in [6.45, 7) is 0. The van der Waals surface area contributed by atoms with E-state index in [0.29, 0.717) is 12.0 Å². The molecule has 1 aliphatic rings. The summed E-state index contributed by atoms with van der Waals surface area (Å²) in [4.78, 5) is 21.7. The van der Waals surface area contributed by atoms with Gasteiger partial charge >= 0.3 is 6.18 Å². The molecule has 104 valence electrons. The Balaban J connectivity index is 2.71. The first-order chi connectivity index (χ1) is 9.47. The smallest absolute Gasteiger partial charge is 0.277 e. The van der Waals surface area contributed by atoms with Gasteiger partial charge in [-0.15, -0.1) is 4.90 Å². The topological polar surface area (TPSA) is 34.1 Å². The molecule has 6 heteroatoms. The minimum absolute atomic E-state index is 0.220. The molecule has 1 aromatic rings. The molecule has 2 nitrogen and oxygen atoms in total. The van der Waals surface area contributed by atoms with E-state index in [1.165, 1.54) is 10.5 Å². The van der Waals surface area contributed by atoms with Crippen molar-refractivity contribution in [3.8, 4) is 0 Å². The minimum atomic E-state index is -4.48. The van der Waals surface area contributed by atoms with E-state index in [2.05, 4.69) is 0 Å². The van der Waals surface area contributed by atoms with Crippen LogP contribution in [0.15, 0.2) is 41.3 Å². The summed E-state index contributed by atoms with van der Waals surface area (Å²) in [6.07, 6.45) is 1.15. The molecule has 0 heterocycles. The Morgan fingerprint density at radius 3 is 2.35 bits per heavy atom. The molecule has 0 bridgehead atoms. The zero-order chi connectivity index (χ0) is 14.8. The van der Waals surface area contributed by atoms with Gasteiger partial charge in [0.2, 0.25) is 0 Å². The lowest BCUT2D eigenvalue weighted by Gasteiger charge is -2.17. The van der Waals surface area contributed by atoms with Crippen LogP contribution >= 0.6 is 0 Å². The van der Waals surface area contributed by atoms with E-state index in [4.69, 9.17) is 0 Å². The Morgan fingerprint density at radius 2 is 1.85 bits per heavy atom. The van der Waals surface area contributed by atoms with Crippen LogP contribution in [-0.2, 0) is 25.8 Å². The van der Waals surface area contributed by atoms with E-state index >= 15 is 0 Å². The molecule has 0 radical (unpaired) electrons. The summed E-state index contributed by atoms with van der Waals surface area (Å²) in [7, 11) is -1.59. The molecule has 0 fully saturated rings. The number of rotatable bonds is 2. The maximum absolute atomic E-state index is 12.8. The molecule has 0 N–H and O–H groups in total. The van der Waals surface area contributed by atoms with Crippen molar-refractivity contribution in [1.82, 2.24) is 0 Å². The van der Waals surface area contributed by atoms with Gasteiger partial charge in [0.1, 0.15) is 0 Å². The van der Waals surface area contributed by atoms with E-state index in [0.717, 1.165) is 18.2 Å². The number of halogens is 3. The number of carbonyl (C=O) groups excluding carboxylic acids is 2. The molecule has 2 rings (SSSR count). The van der Waals surface area contributed by atoms with Gasteiger partial charge < -0.3 is 0 Å². The third-order valence-electron chi connectivity index (χ3n) is 2.81. The van der Waals surface area contributed by atoms with Crippen molar-refractivity contribution >= 4 is 26.1 Å². The van der Waals surface area contributed by atoms with Crippen LogP contribution in [0.3, 0.4) is 0 Å². The summed E-state index contributed by atoms with van der Waals surface area (Å²) in [5.41, 5.74) is 0.0679. The SMILES string of the molecule is O=C=[S-](=C=O)c1ccc(C(F)(F)F)cc1C1=CC=CC1. The summed E-state index contributed by atoms with van der Waals surface area (Å²) >= 11 is 0. The third kappa shape index (κ3) is 2.78. The van der Waals surface area contributed by atoms with Gasteiger partial charge in [-0.25, -0.2) is 0 Å². The molecule has 0 atom stereocenters. The van der Waals surface area contributed by atoms with Crippen LogP contribution < -0.4 is 0 Å². The van der Waals surface area contributed by atoms with Crippen LogP contribution in [-0.4, -0.2) is 10.5 Å². The predicted molar refractivity (Wildman–Crippen MR) is 70.2 cm³/mol. The molecule has 1 aliphatic carbocycles. The van der Waals surface area contributed by atoms with Crippen molar-refractivity contribution in [2.24, 2.45) is 0 Å². The second kappa shape index (κ2) is 5.55. The number of alkyl halides is 3. The van der Waals surface area contributed by atoms with Crippen LogP contribution in [0.2, 0.25) is 0 Å². The van der Waals surface area contributed by atoms with Crippen LogP contribution in [0.4, 0.5) is 13.2 Å². The minimum Gasteiger partial charge on any atom is -0.277 e. The van der Waals surface area contributed by atoms with Crippen LogP contribution in [0.25, 0.3) is 5.57 Å². The Kier molecular flexibility index (Phi) is 4.00. The van der Waals surface area contributed by atoms with E-state index in [1.807, 2.05) is 0 Å². The molecular weight excluding hydrogens is 289 g/mol. The quantitative estimate of drug-likeness (QED) is 0.621. The number of hydrogen-bond donors (Lipinski definition) is 0. The summed E-state index contributed by atoms with van der Waals surface area (Å²) in [5.74, 6) is 0. The normalized spacial score (nSPS) is 14.1. The maximum atomic E-state index is 12.8. The lowest BCUT2D eigenvalue weighted by molar-refractivity contribution is -0.137. The van der Waals surface area contributed by atoms with Gasteiger partial charge in [-0.3, -0.25) is 19.7 Å². The summed E-state index contributed by atoms with van der Waals surface area (Å²) < 4.78 is 38.3. The fourth-order valence-electron chi connectivity index (χ4n) is 1.89. The Morgan fingerprint density at radius 1 is 1.15 bits per heavy atom. The first-order valence-corrected chi connectivity index (χ1v) is 6.77. The van der Waals surface area contributed by atoms with Gasteiger partial charge in [0.05, 0.1) is 5.56 Å². The Hall–Kier alpha value is -2.00. The van der Waals surface area contributed by atoms with Crippen molar-refractivity contribution in [3.05, 3.63) is 47.6 Å². The monoisotopic (exact) mass is 297 g/mol. The third-order valence-corrected chi connectivity index (χ3v) is 3.94. The molecule has 0 unspecified atom stereocenters. The highest BCUT2D eigenvalue weighted by atomic mass is 32.2. The van der Waals surface area contributed by atoms with Crippen molar-refractivity contribution in [2.45, 2.75) is 17.5 Å². The van der Waals surface area contributed by atoms with Crippen molar-refractivity contribution < 1.29 is 22.8 Å². The maximum Gasteiger partial charge on any atom is 0.416 e. The average molecular weight is 297 g/mol. The summed E-state index contributed by atoms with van der Waals surface area (Å²) in [6, 6.07) is 2.97. The highest BCUT2D eigenvalue weighted by Crippen LogP contribution is 2.34. The average Bonchev–Trinajstić information content (AvgIpc) is 2.93. The standard InChI is InChI=1S/C14H8F3O2S/c15-14(16,17)11-5-6-13(20(8-18)9-19)12(7-11)10-3-1-2-4-10/h1-3,5-7H,4H2/q-1. The van der Waals surface area contributed by atoms with Gasteiger partial charge in [0.25, 0.3) is 0 Å². The fourth-order valence-corrected chi connectivity index (χ4v) is 2.72. The number of hydrogen-bond acceptors (Lipinski definition) is 3. The lowest BCUT2D eigenvalue weighted by Crippen LogP contribution is -2.06. The van der Waals surface area contributed by atoms with Crippen molar-refractivity contribution in [2.75, 3.05) is 0 Å². The van der Waals surface area contributed by atoms with Crippen LogP contribution in [0.1, 0.15) is 17.5 Å². The molecule has 0 aliphatic heterocycles. The molecule has 20 heavy (non-hydrogen) atoms. The molecule has 0 amide bonds. The molecule has 0 saturated heterocycles. The first-order valence-electron chi connectivity index (χ1n) is 5.54. The van der Waals surface area contributed by atoms with Crippen LogP contribution in [0.5, 0.6) is 0 Å². The van der Waals surface area contributed by atoms with E-state index in [9.17, 15) is 22.8 Å². The van der Waals surface area contributed by atoms with Gasteiger partial charge in [0, 0.05) is 0 Å². The zero-order valence-electron chi connectivity index (χ0n) is 10.0. The molecule has 0 aromatic heterocycles. The van der Waals surface area contributed by atoms with Crippen molar-refractivity contribution in [3.63, 3.8) is 0 Å². The molecule has 0 saturated carbocycles. The van der Waals surface area contributed by atoms with Gasteiger partial charge in [0.15, 0.2) is 0 Å². The van der Waals surface area contributed by atoms with Gasteiger partial charge in [-0.2, -0.15) is 13.2 Å². The predicted octanol–water partition coefficient (Wildman–Crippen LogP) is 3.16. The molecular formula is C14H8F3O2S-. The Labute approximate surface area is 114 Å². The second-order valence-corrected chi connectivity index (χ2v) is 5.39. The van der Waals surface area contributed by atoms with Gasteiger partial charge in [-0.1, -0.05) is 30.4 Å². The van der Waals surface area contributed by atoms with Gasteiger partial charge in [-0.05, 0) is 34.1 Å². The largest absolute Gasteiger partial charge is 0.416 e. The highest BCUT2D eigenvalue weighted by Gasteiger charge is 2.30. The summed E-state index contributed by atoms with van der Waals surface area (Å²) in [5, 5.41) is 3.03. The van der Waals surface area contributed by atoms with E-state index in [-0.39, 0.29) is 10.5 Å². The molecule has 1 aromatic carbocycles. The van der Waals surface area contributed by atoms with E-state index < -0.39 is 21.8 Å². The van der Waals surface area contributed by atoms with Crippen LogP contribution in [0, 0.1) is 0 Å². The highest BCUT2D eigenvalue weighted by molar-refractivity contribution is 7.92. The molecule has 0 spiro atoms.